The summed E-state index contributed by atoms with van der Waals surface area (Å²) < 4.78 is 26.9. The maximum absolute atomic E-state index is 13.8. The van der Waals surface area contributed by atoms with Gasteiger partial charge in [-0.3, -0.25) is 9.69 Å². The molecule has 0 aliphatic heterocycles. The molecule has 1 aliphatic carbocycles. The first-order valence-electron chi connectivity index (χ1n) is 9.09. The molecule has 2 aromatic carbocycles. The molecule has 0 heterocycles. The van der Waals surface area contributed by atoms with Crippen molar-refractivity contribution in [3.8, 4) is 0 Å². The van der Waals surface area contributed by atoms with Crippen molar-refractivity contribution in [1.82, 2.24) is 4.90 Å². The molecule has 138 valence electrons. The number of anilines is 1. The number of hydrogen-bond donors (Lipinski definition) is 1. The Morgan fingerprint density at radius 1 is 1.12 bits per heavy atom. The Morgan fingerprint density at radius 2 is 1.85 bits per heavy atom. The Labute approximate surface area is 153 Å². The predicted molar refractivity (Wildman–Crippen MR) is 99.1 cm³/mol. The van der Waals surface area contributed by atoms with Crippen molar-refractivity contribution >= 4 is 11.6 Å². The largest absolute Gasteiger partial charge is 0.322 e. The zero-order chi connectivity index (χ0) is 18.5. The van der Waals surface area contributed by atoms with Gasteiger partial charge >= 0.3 is 0 Å². The van der Waals surface area contributed by atoms with E-state index < -0.39 is 17.5 Å². The summed E-state index contributed by atoms with van der Waals surface area (Å²) in [6.45, 7) is 0.715. The molecule has 0 aromatic heterocycles. The van der Waals surface area contributed by atoms with E-state index in [1.165, 1.54) is 32.1 Å². The van der Waals surface area contributed by atoms with Crippen LogP contribution in [0.15, 0.2) is 42.5 Å². The van der Waals surface area contributed by atoms with E-state index in [9.17, 15) is 13.6 Å². The van der Waals surface area contributed by atoms with Crippen molar-refractivity contribution in [2.45, 2.75) is 44.7 Å². The minimum absolute atomic E-state index is 0.165. The Kier molecular flexibility index (Phi) is 5.99. The average Bonchev–Trinajstić information content (AvgIpc) is 2.64. The predicted octanol–water partition coefficient (Wildman–Crippen LogP) is 4.98. The van der Waals surface area contributed by atoms with E-state index in [1.54, 1.807) is 0 Å². The lowest BCUT2D eigenvalue weighted by atomic mass is 9.94. The summed E-state index contributed by atoms with van der Waals surface area (Å²) in [7, 11) is 2.11. The van der Waals surface area contributed by atoms with Crippen LogP contribution in [0.3, 0.4) is 0 Å². The summed E-state index contributed by atoms with van der Waals surface area (Å²) in [5.74, 6) is -2.14. The molecule has 1 aliphatic rings. The van der Waals surface area contributed by atoms with Crippen molar-refractivity contribution in [1.29, 1.82) is 0 Å². The zero-order valence-corrected chi connectivity index (χ0v) is 15.0. The molecule has 0 radical (unpaired) electrons. The Balaban J connectivity index is 1.73. The standard InChI is InChI=1S/C21H24F2N2O/c1-25(17-8-3-2-4-9-17)14-15-7-5-6-10-20(15)24-21(26)18-12-11-16(22)13-19(18)23/h5-7,10-13,17H,2-4,8-9,14H2,1H3,(H,24,26). The lowest BCUT2D eigenvalue weighted by molar-refractivity contribution is 0.102. The van der Waals surface area contributed by atoms with Gasteiger partial charge < -0.3 is 5.32 Å². The van der Waals surface area contributed by atoms with Gasteiger partial charge in [0.15, 0.2) is 0 Å². The van der Waals surface area contributed by atoms with Crippen molar-refractivity contribution in [2.75, 3.05) is 12.4 Å². The molecule has 2 aromatic rings. The molecule has 5 heteroatoms. The fraction of sp³-hybridized carbons (Fsp3) is 0.381. The third kappa shape index (κ3) is 4.47. The van der Waals surface area contributed by atoms with Crippen LogP contribution in [0.25, 0.3) is 0 Å². The first-order chi connectivity index (χ1) is 12.5. The van der Waals surface area contributed by atoms with Gasteiger partial charge in [-0.05, 0) is 43.7 Å². The Hall–Kier alpha value is -2.27. The lowest BCUT2D eigenvalue weighted by Gasteiger charge is -2.31. The van der Waals surface area contributed by atoms with E-state index >= 15 is 0 Å². The fourth-order valence-corrected chi connectivity index (χ4v) is 3.56. The zero-order valence-electron chi connectivity index (χ0n) is 15.0. The van der Waals surface area contributed by atoms with Gasteiger partial charge in [-0.1, -0.05) is 37.5 Å². The minimum atomic E-state index is -0.862. The Morgan fingerprint density at radius 3 is 2.58 bits per heavy atom. The number of benzene rings is 2. The van der Waals surface area contributed by atoms with Gasteiger partial charge in [0, 0.05) is 24.3 Å². The smallest absolute Gasteiger partial charge is 0.258 e. The van der Waals surface area contributed by atoms with Crippen LogP contribution < -0.4 is 5.32 Å². The molecule has 0 spiro atoms. The second kappa shape index (κ2) is 8.41. The van der Waals surface area contributed by atoms with Crippen LogP contribution >= 0.6 is 0 Å². The lowest BCUT2D eigenvalue weighted by Crippen LogP contribution is -2.33. The van der Waals surface area contributed by atoms with Crippen LogP contribution in [-0.2, 0) is 6.54 Å². The number of carbonyl (C=O) groups is 1. The summed E-state index contributed by atoms with van der Waals surface area (Å²) in [5.41, 5.74) is 1.47. The van der Waals surface area contributed by atoms with Crippen LogP contribution in [0.4, 0.5) is 14.5 Å². The van der Waals surface area contributed by atoms with Gasteiger partial charge in [-0.25, -0.2) is 8.78 Å². The molecule has 26 heavy (non-hydrogen) atoms. The number of nitrogens with one attached hydrogen (secondary N) is 1. The number of nitrogens with zero attached hydrogens (tertiary/aromatic N) is 1. The molecule has 1 amide bonds. The van der Waals surface area contributed by atoms with E-state index in [2.05, 4.69) is 17.3 Å². The highest BCUT2D eigenvalue weighted by atomic mass is 19.1. The maximum Gasteiger partial charge on any atom is 0.258 e. The highest BCUT2D eigenvalue weighted by molar-refractivity contribution is 6.04. The number of rotatable bonds is 5. The second-order valence-electron chi connectivity index (χ2n) is 6.94. The van der Waals surface area contributed by atoms with Gasteiger partial charge in [0.05, 0.1) is 5.56 Å². The van der Waals surface area contributed by atoms with Crippen LogP contribution in [0.2, 0.25) is 0 Å². The molecule has 1 saturated carbocycles. The third-order valence-electron chi connectivity index (χ3n) is 5.06. The Bertz CT molecular complexity index is 772. The first kappa shape index (κ1) is 18.5. The number of hydrogen-bond acceptors (Lipinski definition) is 2. The van der Waals surface area contributed by atoms with Crippen molar-refractivity contribution < 1.29 is 13.6 Å². The third-order valence-corrected chi connectivity index (χ3v) is 5.06. The first-order valence-corrected chi connectivity index (χ1v) is 9.09. The molecule has 1 N–H and O–H groups in total. The number of halogens is 2. The topological polar surface area (TPSA) is 32.3 Å². The summed E-state index contributed by atoms with van der Waals surface area (Å²) in [4.78, 5) is 14.7. The SMILES string of the molecule is CN(Cc1ccccc1NC(=O)c1ccc(F)cc1F)C1CCCCC1. The normalized spacial score (nSPS) is 15.2. The van der Waals surface area contributed by atoms with Crippen molar-refractivity contribution in [3.63, 3.8) is 0 Å². The minimum Gasteiger partial charge on any atom is -0.322 e. The van der Waals surface area contributed by atoms with Crippen LogP contribution in [0.1, 0.15) is 48.0 Å². The van der Waals surface area contributed by atoms with Crippen LogP contribution in [-0.4, -0.2) is 23.9 Å². The molecule has 0 saturated heterocycles. The van der Waals surface area contributed by atoms with Gasteiger partial charge in [0.1, 0.15) is 11.6 Å². The molecular formula is C21H24F2N2O. The summed E-state index contributed by atoms with van der Waals surface area (Å²) in [6, 6.07) is 11.1. The second-order valence-corrected chi connectivity index (χ2v) is 6.94. The average molecular weight is 358 g/mol. The molecular weight excluding hydrogens is 334 g/mol. The van der Waals surface area contributed by atoms with Gasteiger partial charge in [-0.2, -0.15) is 0 Å². The highest BCUT2D eigenvalue weighted by Gasteiger charge is 2.20. The van der Waals surface area contributed by atoms with E-state index in [0.717, 1.165) is 23.8 Å². The van der Waals surface area contributed by atoms with Crippen molar-refractivity contribution in [3.05, 3.63) is 65.2 Å². The summed E-state index contributed by atoms with van der Waals surface area (Å²) in [5, 5.41) is 2.77. The molecule has 0 atom stereocenters. The van der Waals surface area contributed by atoms with Crippen molar-refractivity contribution in [2.24, 2.45) is 0 Å². The van der Waals surface area contributed by atoms with Crippen LogP contribution in [0.5, 0.6) is 0 Å². The number of carbonyl (C=O) groups excluding carboxylic acids is 1. The molecule has 3 rings (SSSR count). The van der Waals surface area contributed by atoms with E-state index in [-0.39, 0.29) is 5.56 Å². The summed E-state index contributed by atoms with van der Waals surface area (Å²) >= 11 is 0. The highest BCUT2D eigenvalue weighted by Crippen LogP contribution is 2.25. The summed E-state index contributed by atoms with van der Waals surface area (Å²) in [6.07, 6.45) is 6.23. The molecule has 1 fully saturated rings. The van der Waals surface area contributed by atoms with Crippen LogP contribution in [0, 0.1) is 11.6 Å². The maximum atomic E-state index is 13.8. The van der Waals surface area contributed by atoms with Gasteiger partial charge in [0.25, 0.3) is 5.91 Å². The van der Waals surface area contributed by atoms with Gasteiger partial charge in [0.2, 0.25) is 0 Å². The fourth-order valence-electron chi connectivity index (χ4n) is 3.56. The quantitative estimate of drug-likeness (QED) is 0.817. The van der Waals surface area contributed by atoms with E-state index in [4.69, 9.17) is 0 Å². The molecule has 0 unspecified atom stereocenters. The van der Waals surface area contributed by atoms with Gasteiger partial charge in [-0.15, -0.1) is 0 Å². The van der Waals surface area contributed by atoms with E-state index in [1.807, 2.05) is 24.3 Å². The molecule has 3 nitrogen and oxygen atoms in total. The number of amides is 1. The molecule has 0 bridgehead atoms. The van der Waals surface area contributed by atoms with E-state index in [0.29, 0.717) is 18.3 Å². The monoisotopic (exact) mass is 358 g/mol. The number of para-hydroxylation sites is 1.